The highest BCUT2D eigenvalue weighted by Crippen LogP contribution is 2.18. The number of nitrogens with one attached hydrogen (secondary N) is 2. The fraction of sp³-hybridized carbons (Fsp3) is 0.100. The lowest BCUT2D eigenvalue weighted by atomic mass is 10.3. The van der Waals surface area contributed by atoms with Crippen LogP contribution >= 0.6 is 0 Å². The van der Waals surface area contributed by atoms with Gasteiger partial charge in [-0.25, -0.2) is 4.98 Å². The monoisotopic (exact) mass is 231 g/mol. The Balaban J connectivity index is 2.08. The van der Waals surface area contributed by atoms with E-state index in [2.05, 4.69) is 20.2 Å². The van der Waals surface area contributed by atoms with Gasteiger partial charge in [-0.15, -0.1) is 0 Å². The summed E-state index contributed by atoms with van der Waals surface area (Å²) in [5.41, 5.74) is 2.38. The average molecular weight is 231 g/mol. The highest BCUT2D eigenvalue weighted by atomic mass is 16.4. The molecule has 7 nitrogen and oxygen atoms in total. The summed E-state index contributed by atoms with van der Waals surface area (Å²) >= 11 is 0. The smallest absolute Gasteiger partial charge is 0.309 e. The number of imidazole rings is 2. The second-order valence-corrected chi connectivity index (χ2v) is 3.67. The maximum Gasteiger partial charge on any atom is 0.309 e. The quantitative estimate of drug-likeness (QED) is 0.617. The fourth-order valence-electron chi connectivity index (χ4n) is 1.75. The number of hydrogen-bond acceptors (Lipinski definition) is 3. The number of H-pyrrole nitrogens is 2. The zero-order valence-electron chi connectivity index (χ0n) is 8.71. The summed E-state index contributed by atoms with van der Waals surface area (Å²) in [5.74, 6) is -0.254. The highest BCUT2D eigenvalue weighted by molar-refractivity contribution is 5.70. The number of carbonyl (C=O) groups is 1. The van der Waals surface area contributed by atoms with Crippen LogP contribution in [0.2, 0.25) is 0 Å². The maximum atomic E-state index is 10.7. The van der Waals surface area contributed by atoms with Gasteiger partial charge in [-0.3, -0.25) is 14.3 Å². The van der Waals surface area contributed by atoms with Gasteiger partial charge >= 0.3 is 5.97 Å². The van der Waals surface area contributed by atoms with E-state index in [1.54, 1.807) is 23.0 Å². The molecule has 3 aromatic heterocycles. The molecule has 0 saturated heterocycles. The largest absolute Gasteiger partial charge is 0.481 e. The van der Waals surface area contributed by atoms with Crippen LogP contribution < -0.4 is 0 Å². The van der Waals surface area contributed by atoms with Gasteiger partial charge in [0.15, 0.2) is 0 Å². The first-order chi connectivity index (χ1) is 8.24. The molecule has 3 N–H and O–H groups in total. The van der Waals surface area contributed by atoms with Crippen molar-refractivity contribution in [2.45, 2.75) is 6.42 Å². The number of nitrogens with zero attached hydrogens (tertiary/aromatic N) is 3. The Hall–Kier alpha value is -2.57. The van der Waals surface area contributed by atoms with Gasteiger partial charge in [0.05, 0.1) is 30.2 Å². The van der Waals surface area contributed by atoms with Crippen molar-refractivity contribution in [1.29, 1.82) is 0 Å². The van der Waals surface area contributed by atoms with Crippen molar-refractivity contribution in [2.75, 3.05) is 0 Å². The van der Waals surface area contributed by atoms with Crippen LogP contribution in [0.5, 0.6) is 0 Å². The molecule has 86 valence electrons. The number of aromatic amines is 2. The van der Waals surface area contributed by atoms with Gasteiger partial charge in [0, 0.05) is 18.0 Å². The normalized spacial score (nSPS) is 11.1. The Bertz CT molecular complexity index is 664. The minimum absolute atomic E-state index is 0.0517. The third kappa shape index (κ3) is 1.57. The molecular formula is C10H9N5O2. The summed E-state index contributed by atoms with van der Waals surface area (Å²) in [6.07, 6.45) is 6.75. The van der Waals surface area contributed by atoms with Crippen LogP contribution in [0, 0.1) is 0 Å². The molecule has 0 unspecified atom stereocenters. The second kappa shape index (κ2) is 3.48. The van der Waals surface area contributed by atoms with Gasteiger partial charge < -0.3 is 10.1 Å². The number of aliphatic carboxylic acids is 1. The number of aromatic nitrogens is 5. The molecule has 3 aromatic rings. The standard InChI is InChI=1S/C10H9N5O2/c16-9(17)1-7-4-11-10-14-8(5-15(7)10)6-2-12-13-3-6/h2-5H,1H2,(H,11,14)(H,12,13)(H,16,17). The molecule has 0 aromatic carbocycles. The molecular weight excluding hydrogens is 222 g/mol. The predicted octanol–water partition coefficient (Wildman–Crippen LogP) is 0.680. The van der Waals surface area contributed by atoms with Crippen molar-refractivity contribution in [2.24, 2.45) is 0 Å². The minimum Gasteiger partial charge on any atom is -0.481 e. The van der Waals surface area contributed by atoms with E-state index in [9.17, 15) is 4.79 Å². The molecule has 0 spiro atoms. The Morgan fingerprint density at radius 3 is 3.06 bits per heavy atom. The van der Waals surface area contributed by atoms with Crippen molar-refractivity contribution >= 4 is 11.7 Å². The van der Waals surface area contributed by atoms with E-state index in [4.69, 9.17) is 5.11 Å². The van der Waals surface area contributed by atoms with Gasteiger partial charge in [0.1, 0.15) is 0 Å². The lowest BCUT2D eigenvalue weighted by Crippen LogP contribution is -2.02. The number of carboxylic acid groups (broad SMARTS) is 1. The molecule has 0 aliphatic heterocycles. The second-order valence-electron chi connectivity index (χ2n) is 3.67. The molecule has 0 aliphatic rings. The van der Waals surface area contributed by atoms with E-state index in [0.717, 1.165) is 11.3 Å². The van der Waals surface area contributed by atoms with Crippen LogP contribution in [-0.2, 0) is 11.2 Å². The van der Waals surface area contributed by atoms with Crippen LogP contribution in [0.25, 0.3) is 17.0 Å². The summed E-state index contributed by atoms with van der Waals surface area (Å²) in [4.78, 5) is 17.9. The van der Waals surface area contributed by atoms with Crippen molar-refractivity contribution in [3.63, 3.8) is 0 Å². The van der Waals surface area contributed by atoms with Gasteiger partial charge in [0.25, 0.3) is 0 Å². The van der Waals surface area contributed by atoms with Gasteiger partial charge in [0.2, 0.25) is 5.78 Å². The Labute approximate surface area is 95.1 Å². The molecule has 0 bridgehead atoms. The van der Waals surface area contributed by atoms with E-state index < -0.39 is 5.97 Å². The number of carboxylic acids is 1. The summed E-state index contributed by atoms with van der Waals surface area (Å²) in [7, 11) is 0. The van der Waals surface area contributed by atoms with Gasteiger partial charge in [-0.1, -0.05) is 0 Å². The first-order valence-electron chi connectivity index (χ1n) is 5.00. The first kappa shape index (κ1) is 9.64. The van der Waals surface area contributed by atoms with Crippen LogP contribution in [-0.4, -0.2) is 35.6 Å². The van der Waals surface area contributed by atoms with Crippen LogP contribution in [0.1, 0.15) is 5.69 Å². The van der Waals surface area contributed by atoms with Gasteiger partial charge in [-0.2, -0.15) is 5.10 Å². The third-order valence-electron chi connectivity index (χ3n) is 2.52. The zero-order chi connectivity index (χ0) is 11.8. The Morgan fingerprint density at radius 2 is 2.35 bits per heavy atom. The summed E-state index contributed by atoms with van der Waals surface area (Å²) in [6.45, 7) is 0. The molecule has 17 heavy (non-hydrogen) atoms. The average Bonchev–Trinajstić information content (AvgIpc) is 2.93. The van der Waals surface area contributed by atoms with E-state index in [0.29, 0.717) is 11.5 Å². The van der Waals surface area contributed by atoms with Crippen molar-refractivity contribution in [1.82, 2.24) is 24.6 Å². The molecule has 7 heteroatoms. The van der Waals surface area contributed by atoms with Crippen molar-refractivity contribution < 1.29 is 9.90 Å². The molecule has 0 radical (unpaired) electrons. The molecule has 0 atom stereocenters. The van der Waals surface area contributed by atoms with Crippen LogP contribution in [0.3, 0.4) is 0 Å². The topological polar surface area (TPSA) is 99.1 Å². The summed E-state index contributed by atoms with van der Waals surface area (Å²) in [5, 5.41) is 15.3. The molecule has 0 aliphatic carbocycles. The highest BCUT2D eigenvalue weighted by Gasteiger charge is 2.11. The van der Waals surface area contributed by atoms with Crippen molar-refractivity contribution in [3.8, 4) is 11.3 Å². The number of hydrogen-bond donors (Lipinski definition) is 3. The summed E-state index contributed by atoms with van der Waals surface area (Å²) in [6, 6.07) is 0. The minimum atomic E-state index is -0.877. The Kier molecular flexibility index (Phi) is 1.97. The van der Waals surface area contributed by atoms with Gasteiger partial charge in [-0.05, 0) is 0 Å². The third-order valence-corrected chi connectivity index (χ3v) is 2.52. The maximum absolute atomic E-state index is 10.7. The first-order valence-corrected chi connectivity index (χ1v) is 5.00. The van der Waals surface area contributed by atoms with Crippen LogP contribution in [0.4, 0.5) is 0 Å². The Morgan fingerprint density at radius 1 is 1.47 bits per heavy atom. The predicted molar refractivity (Wildman–Crippen MR) is 58.5 cm³/mol. The van der Waals surface area contributed by atoms with Crippen LogP contribution in [0.15, 0.2) is 24.8 Å². The molecule has 0 fully saturated rings. The van der Waals surface area contributed by atoms with E-state index >= 15 is 0 Å². The lowest BCUT2D eigenvalue weighted by Gasteiger charge is -1.92. The molecule has 0 amide bonds. The number of fused-ring (bicyclic) bond motifs is 1. The molecule has 3 heterocycles. The van der Waals surface area contributed by atoms with Crippen molar-refractivity contribution in [3.05, 3.63) is 30.5 Å². The van der Waals surface area contributed by atoms with E-state index in [-0.39, 0.29) is 6.42 Å². The molecule has 0 saturated carbocycles. The summed E-state index contributed by atoms with van der Waals surface area (Å²) < 4.78 is 1.73. The van der Waals surface area contributed by atoms with E-state index in [1.807, 2.05) is 6.20 Å². The number of rotatable bonds is 3. The molecule has 3 rings (SSSR count). The van der Waals surface area contributed by atoms with E-state index in [1.165, 1.54) is 0 Å². The zero-order valence-corrected chi connectivity index (χ0v) is 8.71. The SMILES string of the molecule is O=C(O)Cc1cnc2[nH]c(-c3cn[nH]c3)cn12. The lowest BCUT2D eigenvalue weighted by molar-refractivity contribution is -0.136. The fourth-order valence-corrected chi connectivity index (χ4v) is 1.75.